The fourth-order valence-corrected chi connectivity index (χ4v) is 2.35. The van der Waals surface area contributed by atoms with E-state index in [-0.39, 0.29) is 16.1 Å². The van der Waals surface area contributed by atoms with Gasteiger partial charge in [0.05, 0.1) is 11.1 Å². The minimum atomic E-state index is -4.58. The first kappa shape index (κ1) is 17.3. The predicted molar refractivity (Wildman–Crippen MR) is 76.0 cm³/mol. The van der Waals surface area contributed by atoms with Gasteiger partial charge in [0.15, 0.2) is 0 Å². The van der Waals surface area contributed by atoms with Crippen molar-refractivity contribution in [2.24, 2.45) is 0 Å². The lowest BCUT2D eigenvalue weighted by Gasteiger charge is -2.18. The van der Waals surface area contributed by atoms with Gasteiger partial charge in [0, 0.05) is 16.4 Å². The van der Waals surface area contributed by atoms with E-state index in [1.165, 1.54) is 6.07 Å². The van der Waals surface area contributed by atoms with Gasteiger partial charge in [-0.3, -0.25) is 4.79 Å². The highest BCUT2D eigenvalue weighted by Crippen LogP contribution is 2.33. The molecule has 1 unspecified atom stereocenters. The molecule has 1 atom stereocenters. The minimum Gasteiger partial charge on any atom is -0.349 e. The van der Waals surface area contributed by atoms with Gasteiger partial charge in [-0.1, -0.05) is 22.9 Å². The van der Waals surface area contributed by atoms with Crippen LogP contribution in [0.15, 0.2) is 22.7 Å². The average Bonchev–Trinajstić information content (AvgIpc) is 2.36. The fourth-order valence-electron chi connectivity index (χ4n) is 1.72. The second kappa shape index (κ2) is 7.31. The van der Waals surface area contributed by atoms with Crippen molar-refractivity contribution in [1.29, 1.82) is 0 Å². The smallest absolute Gasteiger partial charge is 0.349 e. The maximum atomic E-state index is 12.9. The first-order valence-corrected chi connectivity index (χ1v) is 7.36. The van der Waals surface area contributed by atoms with Crippen LogP contribution in [0.3, 0.4) is 0 Å². The molecule has 20 heavy (non-hydrogen) atoms. The average molecular weight is 373 g/mol. The van der Waals surface area contributed by atoms with Crippen molar-refractivity contribution < 1.29 is 18.0 Å². The number of benzene rings is 1. The zero-order chi connectivity index (χ0) is 15.3. The normalized spacial score (nSPS) is 13.1. The zero-order valence-corrected chi connectivity index (χ0v) is 13.1. The molecule has 0 spiro atoms. The summed E-state index contributed by atoms with van der Waals surface area (Å²) in [4.78, 5) is 12.0. The van der Waals surface area contributed by atoms with E-state index in [2.05, 4.69) is 21.2 Å². The molecular weight excluding hydrogens is 358 g/mol. The van der Waals surface area contributed by atoms with Gasteiger partial charge in [-0.25, -0.2) is 0 Å². The van der Waals surface area contributed by atoms with Crippen molar-refractivity contribution in [3.63, 3.8) is 0 Å². The van der Waals surface area contributed by atoms with Crippen LogP contribution in [0.25, 0.3) is 0 Å². The Bertz CT molecular complexity index is 479. The molecule has 0 fully saturated rings. The SMILES string of the molecule is CCC(CCCl)NC(=O)c1ccc(Br)cc1C(F)(F)F. The second-order valence-corrected chi connectivity index (χ2v) is 5.54. The van der Waals surface area contributed by atoms with Crippen LogP contribution in [0.2, 0.25) is 0 Å². The highest BCUT2D eigenvalue weighted by Gasteiger charge is 2.35. The van der Waals surface area contributed by atoms with Crippen LogP contribution in [0, 0.1) is 0 Å². The third-order valence-electron chi connectivity index (χ3n) is 2.82. The number of alkyl halides is 4. The Morgan fingerprint density at radius 3 is 2.60 bits per heavy atom. The Balaban J connectivity index is 3.04. The Morgan fingerprint density at radius 1 is 1.45 bits per heavy atom. The molecule has 1 amide bonds. The molecule has 0 aliphatic heterocycles. The Kier molecular flexibility index (Phi) is 6.33. The van der Waals surface area contributed by atoms with E-state index in [0.29, 0.717) is 18.7 Å². The van der Waals surface area contributed by atoms with E-state index in [1.54, 1.807) is 0 Å². The summed E-state index contributed by atoms with van der Waals surface area (Å²) in [6.45, 7) is 1.84. The van der Waals surface area contributed by atoms with Gasteiger partial charge in [-0.15, -0.1) is 11.6 Å². The van der Waals surface area contributed by atoms with E-state index in [4.69, 9.17) is 11.6 Å². The van der Waals surface area contributed by atoms with Crippen LogP contribution in [-0.2, 0) is 6.18 Å². The first-order chi connectivity index (χ1) is 9.29. The number of hydrogen-bond donors (Lipinski definition) is 1. The number of halogens is 5. The molecule has 0 radical (unpaired) electrons. The number of amides is 1. The lowest BCUT2D eigenvalue weighted by Crippen LogP contribution is -2.35. The van der Waals surface area contributed by atoms with E-state index in [0.717, 1.165) is 12.1 Å². The molecule has 0 heterocycles. The molecule has 112 valence electrons. The second-order valence-electron chi connectivity index (χ2n) is 4.24. The summed E-state index contributed by atoms with van der Waals surface area (Å²) in [6.07, 6.45) is -3.46. The van der Waals surface area contributed by atoms with Gasteiger partial charge in [0.2, 0.25) is 0 Å². The van der Waals surface area contributed by atoms with Crippen molar-refractivity contribution >= 4 is 33.4 Å². The molecule has 0 bridgehead atoms. The van der Waals surface area contributed by atoms with Crippen molar-refractivity contribution in [3.8, 4) is 0 Å². The maximum Gasteiger partial charge on any atom is 0.417 e. The Labute approximate surface area is 128 Å². The molecule has 0 aliphatic rings. The zero-order valence-electron chi connectivity index (χ0n) is 10.7. The lowest BCUT2D eigenvalue weighted by atomic mass is 10.1. The first-order valence-electron chi connectivity index (χ1n) is 6.03. The summed E-state index contributed by atoms with van der Waals surface area (Å²) in [5.74, 6) is -0.396. The molecule has 0 aromatic heterocycles. The van der Waals surface area contributed by atoms with Gasteiger partial charge in [0.25, 0.3) is 5.91 Å². The number of rotatable bonds is 5. The molecular formula is C13H14BrClF3NO. The lowest BCUT2D eigenvalue weighted by molar-refractivity contribution is -0.138. The fraction of sp³-hybridized carbons (Fsp3) is 0.462. The Hall–Kier alpha value is -0.750. The highest BCUT2D eigenvalue weighted by atomic mass is 79.9. The van der Waals surface area contributed by atoms with Gasteiger partial charge >= 0.3 is 6.18 Å². The largest absolute Gasteiger partial charge is 0.417 e. The summed E-state index contributed by atoms with van der Waals surface area (Å²) >= 11 is 8.57. The maximum absolute atomic E-state index is 12.9. The molecule has 1 rings (SSSR count). The molecule has 7 heteroatoms. The molecule has 2 nitrogen and oxygen atoms in total. The van der Waals surface area contributed by atoms with Gasteiger partial charge in [-0.2, -0.15) is 13.2 Å². The van der Waals surface area contributed by atoms with Crippen LogP contribution in [0.1, 0.15) is 35.7 Å². The number of carbonyl (C=O) groups excluding carboxylic acids is 1. The van der Waals surface area contributed by atoms with E-state index < -0.39 is 17.6 Å². The van der Waals surface area contributed by atoms with Gasteiger partial charge in [0.1, 0.15) is 0 Å². The van der Waals surface area contributed by atoms with Crippen molar-refractivity contribution in [3.05, 3.63) is 33.8 Å². The molecule has 1 aromatic carbocycles. The standard InChI is InChI=1S/C13H14BrClF3NO/c1-2-9(5-6-15)19-12(20)10-4-3-8(14)7-11(10)13(16,17)18/h3-4,7,9H,2,5-6H2,1H3,(H,19,20). The highest BCUT2D eigenvalue weighted by molar-refractivity contribution is 9.10. The predicted octanol–water partition coefficient (Wildman–Crippen LogP) is 4.61. The molecule has 0 aliphatic carbocycles. The van der Waals surface area contributed by atoms with Crippen molar-refractivity contribution in [2.75, 3.05) is 5.88 Å². The summed E-state index contributed by atoms with van der Waals surface area (Å²) in [7, 11) is 0. The van der Waals surface area contributed by atoms with Crippen LogP contribution in [0.4, 0.5) is 13.2 Å². The topological polar surface area (TPSA) is 29.1 Å². The monoisotopic (exact) mass is 371 g/mol. The summed E-state index contributed by atoms with van der Waals surface area (Å²) in [6, 6.07) is 3.24. The summed E-state index contributed by atoms with van der Waals surface area (Å²) < 4.78 is 39.1. The third kappa shape index (κ3) is 4.66. The minimum absolute atomic E-state index is 0.232. The van der Waals surface area contributed by atoms with Gasteiger partial charge in [-0.05, 0) is 31.0 Å². The third-order valence-corrected chi connectivity index (χ3v) is 3.53. The molecule has 1 N–H and O–H groups in total. The van der Waals surface area contributed by atoms with Crippen LogP contribution in [0.5, 0.6) is 0 Å². The van der Waals surface area contributed by atoms with Gasteiger partial charge < -0.3 is 5.32 Å². The number of hydrogen-bond acceptors (Lipinski definition) is 1. The number of nitrogens with one attached hydrogen (secondary N) is 1. The van der Waals surface area contributed by atoms with Crippen molar-refractivity contribution in [2.45, 2.75) is 32.0 Å². The van der Waals surface area contributed by atoms with Crippen LogP contribution in [-0.4, -0.2) is 17.8 Å². The molecule has 1 aromatic rings. The molecule has 0 saturated heterocycles. The van der Waals surface area contributed by atoms with Crippen LogP contribution >= 0.6 is 27.5 Å². The summed E-state index contributed by atoms with van der Waals surface area (Å²) in [5, 5.41) is 2.58. The van der Waals surface area contributed by atoms with Crippen LogP contribution < -0.4 is 5.32 Å². The quantitative estimate of drug-likeness (QED) is 0.752. The van der Waals surface area contributed by atoms with E-state index in [9.17, 15) is 18.0 Å². The molecule has 0 saturated carbocycles. The van der Waals surface area contributed by atoms with Crippen molar-refractivity contribution in [1.82, 2.24) is 5.32 Å². The number of carbonyl (C=O) groups is 1. The Morgan fingerprint density at radius 2 is 2.10 bits per heavy atom. The summed E-state index contributed by atoms with van der Waals surface area (Å²) in [5.41, 5.74) is -1.33. The van der Waals surface area contributed by atoms with E-state index in [1.807, 2.05) is 6.92 Å². The van der Waals surface area contributed by atoms with E-state index >= 15 is 0 Å².